The van der Waals surface area contributed by atoms with E-state index in [2.05, 4.69) is 81.8 Å². The fraction of sp³-hybridized carbons (Fsp3) is 0.241. The van der Waals surface area contributed by atoms with E-state index < -0.39 is 0 Å². The molecule has 172 valence electrons. The number of carbonyl (C=O) groups is 1. The topological polar surface area (TPSA) is 47.9 Å². The second-order valence-corrected chi connectivity index (χ2v) is 9.06. The van der Waals surface area contributed by atoms with E-state index in [0.29, 0.717) is 6.54 Å². The summed E-state index contributed by atoms with van der Waals surface area (Å²) in [5.41, 5.74) is 6.39. The van der Waals surface area contributed by atoms with Gasteiger partial charge < -0.3 is 0 Å². The van der Waals surface area contributed by atoms with Gasteiger partial charge >= 0.3 is 0 Å². The number of benzene rings is 4. The van der Waals surface area contributed by atoms with Crippen LogP contribution in [0.25, 0.3) is 21.5 Å². The molecule has 5 rings (SSSR count). The molecule has 1 amide bonds. The van der Waals surface area contributed by atoms with E-state index in [1.54, 1.807) is 6.21 Å². The fourth-order valence-electron chi connectivity index (χ4n) is 4.65. The van der Waals surface area contributed by atoms with Crippen molar-refractivity contribution >= 4 is 33.7 Å². The Morgan fingerprint density at radius 3 is 2.09 bits per heavy atom. The van der Waals surface area contributed by atoms with Crippen LogP contribution < -0.4 is 5.43 Å². The van der Waals surface area contributed by atoms with Crippen molar-refractivity contribution < 1.29 is 4.79 Å². The van der Waals surface area contributed by atoms with Gasteiger partial charge in [0.15, 0.2) is 0 Å². The number of nitrogens with zero attached hydrogens (tertiary/aromatic N) is 3. The Hall–Kier alpha value is -3.54. The van der Waals surface area contributed by atoms with E-state index in [9.17, 15) is 4.79 Å². The van der Waals surface area contributed by atoms with Gasteiger partial charge in [0.05, 0.1) is 12.8 Å². The highest BCUT2D eigenvalue weighted by molar-refractivity contribution is 6.13. The Balaban J connectivity index is 1.17. The number of hydrazone groups is 1. The summed E-state index contributed by atoms with van der Waals surface area (Å²) in [6.07, 6.45) is 1.78. The molecule has 34 heavy (non-hydrogen) atoms. The zero-order chi connectivity index (χ0) is 23.3. The number of hydrogen-bond donors (Lipinski definition) is 1. The molecule has 0 bridgehead atoms. The summed E-state index contributed by atoms with van der Waals surface area (Å²) in [6, 6.07) is 27.5. The molecule has 4 aromatic carbocycles. The Bertz CT molecular complexity index is 1270. The normalized spacial score (nSPS) is 15.3. The van der Waals surface area contributed by atoms with Crippen molar-refractivity contribution in [3.63, 3.8) is 0 Å². The monoisotopic (exact) mass is 450 g/mol. The molecule has 0 spiro atoms. The van der Waals surface area contributed by atoms with Crippen LogP contribution in [0.3, 0.4) is 0 Å². The first kappa shape index (κ1) is 22.3. The van der Waals surface area contributed by atoms with E-state index in [0.717, 1.165) is 59.8 Å². The summed E-state index contributed by atoms with van der Waals surface area (Å²) >= 11 is 0. The number of carbonyl (C=O) groups excluding carboxylic acids is 1. The van der Waals surface area contributed by atoms with Gasteiger partial charge in [-0.25, -0.2) is 5.43 Å². The number of hydrogen-bond acceptors (Lipinski definition) is 4. The van der Waals surface area contributed by atoms with Crippen LogP contribution in [-0.4, -0.2) is 54.6 Å². The molecular formula is C29H30N4O. The van der Waals surface area contributed by atoms with Crippen LogP contribution >= 0.6 is 0 Å². The first-order valence-electron chi connectivity index (χ1n) is 11.9. The van der Waals surface area contributed by atoms with Crippen molar-refractivity contribution in [1.29, 1.82) is 0 Å². The average Bonchev–Trinajstić information content (AvgIpc) is 2.86. The first-order valence-corrected chi connectivity index (χ1v) is 11.9. The van der Waals surface area contributed by atoms with Crippen molar-refractivity contribution in [2.45, 2.75) is 13.5 Å². The van der Waals surface area contributed by atoms with Crippen molar-refractivity contribution in [2.75, 3.05) is 32.7 Å². The van der Waals surface area contributed by atoms with Gasteiger partial charge in [-0.05, 0) is 40.1 Å². The van der Waals surface area contributed by atoms with Crippen LogP contribution in [0.5, 0.6) is 0 Å². The minimum absolute atomic E-state index is 0.0761. The van der Waals surface area contributed by atoms with E-state index >= 15 is 0 Å². The Labute approximate surface area is 200 Å². The van der Waals surface area contributed by atoms with Crippen molar-refractivity contribution in [3.8, 4) is 0 Å². The number of fused-ring (bicyclic) bond motifs is 2. The highest BCUT2D eigenvalue weighted by atomic mass is 16.2. The Morgan fingerprint density at radius 2 is 1.44 bits per heavy atom. The predicted molar refractivity (Wildman–Crippen MR) is 140 cm³/mol. The Morgan fingerprint density at radius 1 is 0.853 bits per heavy atom. The van der Waals surface area contributed by atoms with Crippen molar-refractivity contribution in [1.82, 2.24) is 15.2 Å². The second-order valence-electron chi connectivity index (χ2n) is 9.06. The van der Waals surface area contributed by atoms with Crippen LogP contribution in [-0.2, 0) is 11.3 Å². The maximum atomic E-state index is 12.6. The molecule has 1 aliphatic heterocycles. The third-order valence-electron chi connectivity index (χ3n) is 6.55. The molecule has 1 fully saturated rings. The fourth-order valence-corrected chi connectivity index (χ4v) is 4.65. The second kappa shape index (κ2) is 10.2. The van der Waals surface area contributed by atoms with Crippen LogP contribution in [0.1, 0.15) is 16.7 Å². The Kier molecular flexibility index (Phi) is 6.65. The van der Waals surface area contributed by atoms with Gasteiger partial charge in [0.2, 0.25) is 0 Å². The largest absolute Gasteiger partial charge is 0.297 e. The lowest BCUT2D eigenvalue weighted by Gasteiger charge is -2.34. The maximum Gasteiger partial charge on any atom is 0.254 e. The van der Waals surface area contributed by atoms with Crippen molar-refractivity contribution in [3.05, 3.63) is 95.6 Å². The highest BCUT2D eigenvalue weighted by Gasteiger charge is 2.19. The number of nitrogens with one attached hydrogen (secondary N) is 1. The molecule has 4 aromatic rings. The summed E-state index contributed by atoms with van der Waals surface area (Å²) < 4.78 is 0. The lowest BCUT2D eigenvalue weighted by molar-refractivity contribution is -0.122. The average molecular weight is 451 g/mol. The van der Waals surface area contributed by atoms with E-state index in [4.69, 9.17) is 0 Å². The van der Waals surface area contributed by atoms with Gasteiger partial charge in [0, 0.05) is 38.3 Å². The third kappa shape index (κ3) is 5.16. The van der Waals surface area contributed by atoms with Crippen molar-refractivity contribution in [2.24, 2.45) is 5.10 Å². The van der Waals surface area contributed by atoms with E-state index in [-0.39, 0.29) is 5.91 Å². The standard InChI is InChI=1S/C29H30N4O/c1-22-10-12-23(13-11-22)20-32-14-16-33(17-15-32)21-29(34)31-30-19-28-26-8-4-2-6-24(26)18-25-7-3-5-9-27(25)28/h2-13,18-19H,14-17,20-21H2,1H3,(H,31,34)/b30-19-. The minimum Gasteiger partial charge on any atom is -0.297 e. The molecule has 0 aromatic heterocycles. The smallest absolute Gasteiger partial charge is 0.254 e. The molecule has 0 unspecified atom stereocenters. The molecule has 1 saturated heterocycles. The third-order valence-corrected chi connectivity index (χ3v) is 6.55. The lowest BCUT2D eigenvalue weighted by atomic mass is 9.97. The van der Waals surface area contributed by atoms with Gasteiger partial charge in [-0.2, -0.15) is 5.10 Å². The molecule has 0 saturated carbocycles. The van der Waals surface area contributed by atoms with Crippen LogP contribution in [0, 0.1) is 6.92 Å². The molecule has 0 aliphatic carbocycles. The number of rotatable bonds is 6. The van der Waals surface area contributed by atoms with E-state index in [1.807, 2.05) is 24.3 Å². The van der Waals surface area contributed by atoms with E-state index in [1.165, 1.54) is 11.1 Å². The lowest BCUT2D eigenvalue weighted by Crippen LogP contribution is -2.48. The SMILES string of the molecule is Cc1ccc(CN2CCN(CC(=O)N/N=C\c3c4ccccc4cc4ccccc34)CC2)cc1. The van der Waals surface area contributed by atoms with Gasteiger partial charge in [0.1, 0.15) is 0 Å². The molecule has 1 N–H and O–H groups in total. The zero-order valence-electron chi connectivity index (χ0n) is 19.6. The number of piperazine rings is 1. The molecule has 0 radical (unpaired) electrons. The van der Waals surface area contributed by atoms with Gasteiger partial charge in [-0.15, -0.1) is 0 Å². The maximum absolute atomic E-state index is 12.6. The molecule has 5 heteroatoms. The van der Waals surface area contributed by atoms with Gasteiger partial charge in [0.25, 0.3) is 5.91 Å². The summed E-state index contributed by atoms with van der Waals surface area (Å²) in [5, 5.41) is 8.91. The van der Waals surface area contributed by atoms with Gasteiger partial charge in [-0.1, -0.05) is 78.4 Å². The zero-order valence-corrected chi connectivity index (χ0v) is 19.6. The molecule has 1 aliphatic rings. The summed E-state index contributed by atoms with van der Waals surface area (Å²) in [7, 11) is 0. The summed E-state index contributed by atoms with van der Waals surface area (Å²) in [5.74, 6) is -0.0761. The quantitative estimate of drug-likeness (QED) is 0.266. The summed E-state index contributed by atoms with van der Waals surface area (Å²) in [4.78, 5) is 17.2. The predicted octanol–water partition coefficient (Wildman–Crippen LogP) is 4.57. The van der Waals surface area contributed by atoms with Crippen LogP contribution in [0.2, 0.25) is 0 Å². The number of amides is 1. The minimum atomic E-state index is -0.0761. The van der Waals surface area contributed by atoms with Crippen LogP contribution in [0.15, 0.2) is 84.0 Å². The highest BCUT2D eigenvalue weighted by Crippen LogP contribution is 2.27. The first-order chi connectivity index (χ1) is 16.7. The molecular weight excluding hydrogens is 420 g/mol. The molecule has 0 atom stereocenters. The number of aryl methyl sites for hydroxylation is 1. The van der Waals surface area contributed by atoms with Gasteiger partial charge in [-0.3, -0.25) is 14.6 Å². The molecule has 1 heterocycles. The molecule has 5 nitrogen and oxygen atoms in total. The van der Waals surface area contributed by atoms with Crippen LogP contribution in [0.4, 0.5) is 0 Å². The summed E-state index contributed by atoms with van der Waals surface area (Å²) in [6.45, 7) is 7.14.